The van der Waals surface area contributed by atoms with Crippen molar-refractivity contribution in [2.45, 2.75) is 6.54 Å². The van der Waals surface area contributed by atoms with Gasteiger partial charge in [-0.05, 0) is 11.6 Å². The van der Waals surface area contributed by atoms with Gasteiger partial charge in [-0.3, -0.25) is 10.1 Å². The maximum absolute atomic E-state index is 10.5. The molecule has 1 rings (SSSR count). The van der Waals surface area contributed by atoms with Crippen molar-refractivity contribution in [1.29, 1.82) is 0 Å². The van der Waals surface area contributed by atoms with Gasteiger partial charge in [-0.15, -0.1) is 0 Å². The third-order valence-corrected chi connectivity index (χ3v) is 2.02. The predicted octanol–water partition coefficient (Wildman–Crippen LogP) is 2.18. The van der Waals surface area contributed by atoms with Crippen molar-refractivity contribution in [1.82, 2.24) is 5.06 Å². The lowest BCUT2D eigenvalue weighted by atomic mass is 10.2. The second-order valence-corrected chi connectivity index (χ2v) is 3.81. The van der Waals surface area contributed by atoms with Crippen LogP contribution in [0.1, 0.15) is 5.56 Å². The van der Waals surface area contributed by atoms with Crippen LogP contribution in [0.5, 0.6) is 0 Å². The zero-order chi connectivity index (χ0) is 10.7. The van der Waals surface area contributed by atoms with E-state index in [1.807, 2.05) is 0 Å². The van der Waals surface area contributed by atoms with E-state index in [1.54, 1.807) is 6.07 Å². The number of rotatable bonds is 3. The number of nitro groups is 1. The minimum Gasteiger partial charge on any atom is -0.314 e. The predicted molar refractivity (Wildman–Crippen MR) is 54.0 cm³/mol. The molecule has 14 heavy (non-hydrogen) atoms. The maximum atomic E-state index is 10.5. The van der Waals surface area contributed by atoms with Crippen LogP contribution in [0.4, 0.5) is 5.69 Å². The largest absolute Gasteiger partial charge is 0.314 e. The summed E-state index contributed by atoms with van der Waals surface area (Å²) in [5, 5.41) is 20.4. The van der Waals surface area contributed by atoms with Gasteiger partial charge in [-0.25, -0.2) is 0 Å². The average molecular weight is 261 g/mol. The normalized spacial score (nSPS) is 10.6. The van der Waals surface area contributed by atoms with E-state index in [9.17, 15) is 10.1 Å². The zero-order valence-corrected chi connectivity index (χ0v) is 9.06. The lowest BCUT2D eigenvalue weighted by Gasteiger charge is -2.07. The van der Waals surface area contributed by atoms with E-state index in [4.69, 9.17) is 5.21 Å². The van der Waals surface area contributed by atoms with Crippen molar-refractivity contribution in [3.63, 3.8) is 0 Å². The number of non-ortho nitro benzene ring substituents is 1. The molecular formula is C8H9BrN2O3. The van der Waals surface area contributed by atoms with E-state index in [1.165, 1.54) is 19.2 Å². The molecule has 0 aromatic heterocycles. The minimum absolute atomic E-state index is 0.0104. The highest BCUT2D eigenvalue weighted by molar-refractivity contribution is 9.10. The smallest absolute Gasteiger partial charge is 0.270 e. The van der Waals surface area contributed by atoms with Crippen LogP contribution in [-0.2, 0) is 6.54 Å². The highest BCUT2D eigenvalue weighted by Gasteiger charge is 2.09. The molecule has 0 spiro atoms. The first kappa shape index (κ1) is 11.1. The fourth-order valence-corrected chi connectivity index (χ4v) is 1.62. The second kappa shape index (κ2) is 4.50. The molecule has 0 saturated heterocycles. The Morgan fingerprint density at radius 2 is 2.21 bits per heavy atom. The number of hydrogen-bond acceptors (Lipinski definition) is 4. The number of hydroxylamine groups is 2. The Morgan fingerprint density at radius 1 is 1.57 bits per heavy atom. The second-order valence-electron chi connectivity index (χ2n) is 2.89. The van der Waals surface area contributed by atoms with E-state index in [-0.39, 0.29) is 12.2 Å². The number of hydrogen-bond donors (Lipinski definition) is 1. The van der Waals surface area contributed by atoms with E-state index in [2.05, 4.69) is 15.9 Å². The Balaban J connectivity index is 3.01. The fraction of sp³-hybridized carbons (Fsp3) is 0.250. The monoisotopic (exact) mass is 260 g/mol. The number of nitro benzene ring substituents is 1. The molecular weight excluding hydrogens is 252 g/mol. The first-order valence-corrected chi connectivity index (χ1v) is 4.62. The summed E-state index contributed by atoms with van der Waals surface area (Å²) in [5.41, 5.74) is 0.687. The molecule has 76 valence electrons. The molecule has 6 heteroatoms. The van der Waals surface area contributed by atoms with Crippen LogP contribution in [0, 0.1) is 10.1 Å². The number of benzene rings is 1. The van der Waals surface area contributed by atoms with E-state index in [0.717, 1.165) is 5.06 Å². The van der Waals surface area contributed by atoms with Crippen molar-refractivity contribution < 1.29 is 10.1 Å². The van der Waals surface area contributed by atoms with Gasteiger partial charge in [0, 0.05) is 30.2 Å². The fourth-order valence-electron chi connectivity index (χ4n) is 1.09. The molecule has 0 amide bonds. The third-order valence-electron chi connectivity index (χ3n) is 1.56. The molecule has 0 unspecified atom stereocenters. The number of nitrogens with zero attached hydrogens (tertiary/aromatic N) is 2. The third kappa shape index (κ3) is 3.06. The van der Waals surface area contributed by atoms with E-state index >= 15 is 0 Å². The van der Waals surface area contributed by atoms with Gasteiger partial charge in [-0.2, -0.15) is 5.06 Å². The summed E-state index contributed by atoms with van der Waals surface area (Å²) >= 11 is 3.17. The number of halogens is 1. The molecule has 1 aromatic rings. The Hall–Kier alpha value is -0.980. The van der Waals surface area contributed by atoms with Crippen LogP contribution in [0.2, 0.25) is 0 Å². The van der Waals surface area contributed by atoms with Gasteiger partial charge in [0.2, 0.25) is 0 Å². The van der Waals surface area contributed by atoms with Crippen LogP contribution in [0.25, 0.3) is 0 Å². The molecule has 0 radical (unpaired) electrons. The van der Waals surface area contributed by atoms with E-state index < -0.39 is 4.92 Å². The van der Waals surface area contributed by atoms with Crippen molar-refractivity contribution in [3.05, 3.63) is 38.3 Å². The molecule has 0 bridgehead atoms. The molecule has 1 aromatic carbocycles. The molecule has 1 N–H and O–H groups in total. The average Bonchev–Trinajstić information content (AvgIpc) is 2.01. The first-order chi connectivity index (χ1) is 6.49. The van der Waals surface area contributed by atoms with Crippen molar-refractivity contribution in [3.8, 4) is 0 Å². The maximum Gasteiger partial charge on any atom is 0.270 e. The van der Waals surface area contributed by atoms with Crippen LogP contribution < -0.4 is 0 Å². The summed E-state index contributed by atoms with van der Waals surface area (Å²) in [7, 11) is 1.48. The Morgan fingerprint density at radius 3 is 2.71 bits per heavy atom. The molecule has 0 fully saturated rings. The van der Waals surface area contributed by atoms with E-state index in [0.29, 0.717) is 10.0 Å². The van der Waals surface area contributed by atoms with Crippen LogP contribution in [-0.4, -0.2) is 22.2 Å². The van der Waals surface area contributed by atoms with Gasteiger partial charge in [0.25, 0.3) is 5.69 Å². The van der Waals surface area contributed by atoms with Gasteiger partial charge >= 0.3 is 0 Å². The highest BCUT2D eigenvalue weighted by atomic mass is 79.9. The van der Waals surface area contributed by atoms with Crippen molar-refractivity contribution in [2.24, 2.45) is 0 Å². The topological polar surface area (TPSA) is 66.6 Å². The molecule has 0 aliphatic rings. The molecule has 0 aliphatic carbocycles. The van der Waals surface area contributed by atoms with Crippen molar-refractivity contribution >= 4 is 21.6 Å². The Labute approximate surface area is 89.2 Å². The molecule has 0 heterocycles. The molecule has 5 nitrogen and oxygen atoms in total. The SMILES string of the molecule is CN(O)Cc1cc(Br)cc([N+](=O)[O-])c1. The standard InChI is InChI=1S/C8H9BrN2O3/c1-10(12)5-6-2-7(9)4-8(3-6)11(13)14/h2-4,12H,5H2,1H3. The van der Waals surface area contributed by atoms with Crippen LogP contribution >= 0.6 is 15.9 Å². The van der Waals surface area contributed by atoms with Gasteiger partial charge in [0.1, 0.15) is 0 Å². The summed E-state index contributed by atoms with van der Waals surface area (Å²) in [6.07, 6.45) is 0. The van der Waals surface area contributed by atoms with Crippen LogP contribution in [0.15, 0.2) is 22.7 Å². The van der Waals surface area contributed by atoms with Crippen molar-refractivity contribution in [2.75, 3.05) is 7.05 Å². The minimum atomic E-state index is -0.467. The summed E-state index contributed by atoms with van der Waals surface area (Å²) in [5.74, 6) is 0. The quantitative estimate of drug-likeness (QED) is 0.668. The summed E-state index contributed by atoms with van der Waals surface area (Å²) in [6, 6.07) is 4.57. The van der Waals surface area contributed by atoms with Gasteiger partial charge < -0.3 is 5.21 Å². The zero-order valence-electron chi connectivity index (χ0n) is 7.48. The first-order valence-electron chi connectivity index (χ1n) is 3.83. The van der Waals surface area contributed by atoms with Crippen LogP contribution in [0.3, 0.4) is 0 Å². The van der Waals surface area contributed by atoms with Gasteiger partial charge in [-0.1, -0.05) is 15.9 Å². The lowest BCUT2D eigenvalue weighted by molar-refractivity contribution is -0.385. The van der Waals surface area contributed by atoms with Gasteiger partial charge in [0.15, 0.2) is 0 Å². The summed E-state index contributed by atoms with van der Waals surface area (Å²) < 4.78 is 0.628. The summed E-state index contributed by atoms with van der Waals surface area (Å²) in [6.45, 7) is 0.250. The molecule has 0 saturated carbocycles. The highest BCUT2D eigenvalue weighted by Crippen LogP contribution is 2.21. The van der Waals surface area contributed by atoms with Gasteiger partial charge in [0.05, 0.1) is 4.92 Å². The Bertz CT molecular complexity index is 354. The lowest BCUT2D eigenvalue weighted by Crippen LogP contribution is -2.11. The molecule has 0 atom stereocenters. The molecule has 0 aliphatic heterocycles. The summed E-state index contributed by atoms with van der Waals surface area (Å²) in [4.78, 5) is 10.0. The Kier molecular flexibility index (Phi) is 3.56.